The van der Waals surface area contributed by atoms with Crippen LogP contribution < -0.4 is 14.2 Å². The minimum absolute atomic E-state index is 0.235. The van der Waals surface area contributed by atoms with Gasteiger partial charge in [0.25, 0.3) is 0 Å². The summed E-state index contributed by atoms with van der Waals surface area (Å²) in [6, 6.07) is 46.1. The fraction of sp³-hybridized carbons (Fsp3) is 0.154. The molecule has 6 heteroatoms. The molecular formula is C52H41FN2O3. The Hall–Kier alpha value is -6.79. The van der Waals surface area contributed by atoms with Crippen LogP contribution in [0.25, 0.3) is 61.5 Å². The molecule has 0 N–H and O–H groups in total. The zero-order valence-corrected chi connectivity index (χ0v) is 32.8. The molecule has 2 heterocycles. The predicted octanol–water partition coefficient (Wildman–Crippen LogP) is 12.7. The van der Waals surface area contributed by atoms with Gasteiger partial charge in [-0.1, -0.05) is 129 Å². The van der Waals surface area contributed by atoms with Crippen molar-refractivity contribution in [1.29, 1.82) is 0 Å². The molecule has 58 heavy (non-hydrogen) atoms. The molecule has 0 fully saturated rings. The SMILES string of the molecule is CCC1(CC)c2ccccc2-c2c1c1c(c3cc(OC)c(OC)cc23)OC(c2ccc(F)cc2)(c2ccc(-c3nc(-c4ccccc4)c4ccccc4n3)cc2)C=C1. The highest BCUT2D eigenvalue weighted by molar-refractivity contribution is 6.09. The van der Waals surface area contributed by atoms with Gasteiger partial charge in [0.05, 0.1) is 25.4 Å². The minimum atomic E-state index is -1.11. The first kappa shape index (κ1) is 35.6. The molecule has 0 saturated carbocycles. The summed E-state index contributed by atoms with van der Waals surface area (Å²) in [5, 5.41) is 2.94. The summed E-state index contributed by atoms with van der Waals surface area (Å²) < 4.78 is 34.0. The van der Waals surface area contributed by atoms with E-state index in [1.54, 1.807) is 14.2 Å². The summed E-state index contributed by atoms with van der Waals surface area (Å²) in [4.78, 5) is 10.1. The Kier molecular flexibility index (Phi) is 8.41. The number of halogens is 1. The number of ether oxygens (including phenoxy) is 3. The topological polar surface area (TPSA) is 53.5 Å². The van der Waals surface area contributed by atoms with Crippen LogP contribution in [0.15, 0.2) is 146 Å². The molecule has 1 unspecified atom stereocenters. The van der Waals surface area contributed by atoms with Gasteiger partial charge in [-0.2, -0.15) is 0 Å². The average molecular weight is 761 g/mol. The molecule has 10 rings (SSSR count). The van der Waals surface area contributed by atoms with Gasteiger partial charge in [0, 0.05) is 44.0 Å². The second-order valence-corrected chi connectivity index (χ2v) is 15.1. The van der Waals surface area contributed by atoms with E-state index in [-0.39, 0.29) is 11.2 Å². The van der Waals surface area contributed by atoms with Gasteiger partial charge in [-0.25, -0.2) is 14.4 Å². The third-order valence-corrected chi connectivity index (χ3v) is 12.4. The highest BCUT2D eigenvalue weighted by Crippen LogP contribution is 2.61. The zero-order chi connectivity index (χ0) is 39.6. The highest BCUT2D eigenvalue weighted by atomic mass is 19.1. The Balaban J connectivity index is 1.19. The number of hydrogen-bond donors (Lipinski definition) is 0. The Morgan fingerprint density at radius 1 is 0.638 bits per heavy atom. The first-order valence-electron chi connectivity index (χ1n) is 19.9. The smallest absolute Gasteiger partial charge is 0.178 e. The standard InChI is InChI=1S/C52H41FN2O3/c1-5-51(6-2)42-18-12-10-16-37(42)46-40-30-44(56-3)45(57-4)31-41(40)49-39(47(46)51)28-29-52(58-49,35-24-26-36(53)27-25-35)34-22-20-33(21-23-34)50-54-43-19-13-11-17-38(43)48(55-50)32-14-8-7-9-15-32/h7-31H,5-6H2,1-4H3. The van der Waals surface area contributed by atoms with Crippen molar-refractivity contribution in [1.82, 2.24) is 9.97 Å². The molecule has 1 aliphatic carbocycles. The second kappa shape index (κ2) is 13.7. The van der Waals surface area contributed by atoms with Crippen LogP contribution in [0.5, 0.6) is 17.2 Å². The van der Waals surface area contributed by atoms with E-state index in [1.807, 2.05) is 54.6 Å². The summed E-state index contributed by atoms with van der Waals surface area (Å²) in [6.07, 6.45) is 6.21. The van der Waals surface area contributed by atoms with Crippen molar-refractivity contribution in [2.24, 2.45) is 0 Å². The minimum Gasteiger partial charge on any atom is -0.493 e. The summed E-state index contributed by atoms with van der Waals surface area (Å²) >= 11 is 0. The summed E-state index contributed by atoms with van der Waals surface area (Å²) in [6.45, 7) is 4.56. The van der Waals surface area contributed by atoms with E-state index in [0.29, 0.717) is 17.3 Å². The molecule has 8 aromatic rings. The van der Waals surface area contributed by atoms with E-state index in [2.05, 4.69) is 98.8 Å². The van der Waals surface area contributed by atoms with Gasteiger partial charge in [0.2, 0.25) is 0 Å². The third kappa shape index (κ3) is 5.21. The fourth-order valence-electron chi connectivity index (χ4n) is 9.54. The van der Waals surface area contributed by atoms with Crippen LogP contribution in [-0.4, -0.2) is 24.2 Å². The van der Waals surface area contributed by atoms with Crippen LogP contribution in [0.3, 0.4) is 0 Å². The Bertz CT molecular complexity index is 2920. The molecule has 2 aliphatic rings. The number of rotatable bonds is 8. The van der Waals surface area contributed by atoms with Gasteiger partial charge >= 0.3 is 0 Å². The van der Waals surface area contributed by atoms with Gasteiger partial charge in [-0.15, -0.1) is 0 Å². The molecule has 1 aliphatic heterocycles. The molecule has 5 nitrogen and oxygen atoms in total. The highest BCUT2D eigenvalue weighted by Gasteiger charge is 2.47. The van der Waals surface area contributed by atoms with Crippen LogP contribution in [0, 0.1) is 5.82 Å². The number of para-hydroxylation sites is 1. The third-order valence-electron chi connectivity index (χ3n) is 12.4. The van der Waals surface area contributed by atoms with E-state index in [9.17, 15) is 4.39 Å². The number of aromatic nitrogens is 2. The first-order chi connectivity index (χ1) is 28.4. The zero-order valence-electron chi connectivity index (χ0n) is 32.8. The normalized spacial score (nSPS) is 16.1. The molecular weight excluding hydrogens is 720 g/mol. The van der Waals surface area contributed by atoms with Crippen molar-refractivity contribution >= 4 is 27.8 Å². The molecule has 0 spiro atoms. The molecule has 1 atom stereocenters. The maximum Gasteiger partial charge on any atom is 0.178 e. The number of methoxy groups -OCH3 is 2. The Morgan fingerprint density at radius 3 is 1.98 bits per heavy atom. The number of nitrogens with zero attached hydrogens (tertiary/aromatic N) is 2. The van der Waals surface area contributed by atoms with Crippen molar-refractivity contribution in [2.45, 2.75) is 37.7 Å². The summed E-state index contributed by atoms with van der Waals surface area (Å²) in [5.41, 5.74) is 10.0. The van der Waals surface area contributed by atoms with Crippen molar-refractivity contribution in [2.75, 3.05) is 14.2 Å². The fourth-order valence-corrected chi connectivity index (χ4v) is 9.54. The van der Waals surface area contributed by atoms with Crippen molar-refractivity contribution in [3.8, 4) is 51.0 Å². The maximum absolute atomic E-state index is 14.6. The van der Waals surface area contributed by atoms with Crippen LogP contribution in [0.2, 0.25) is 0 Å². The first-order valence-corrected chi connectivity index (χ1v) is 19.9. The van der Waals surface area contributed by atoms with Crippen molar-refractivity contribution in [3.63, 3.8) is 0 Å². The average Bonchev–Trinajstić information content (AvgIpc) is 3.59. The van der Waals surface area contributed by atoms with E-state index in [1.165, 1.54) is 34.4 Å². The van der Waals surface area contributed by atoms with Gasteiger partial charge in [0.1, 0.15) is 11.6 Å². The van der Waals surface area contributed by atoms with E-state index in [0.717, 1.165) is 73.8 Å². The lowest BCUT2D eigenvalue weighted by atomic mass is 9.71. The lowest BCUT2D eigenvalue weighted by Gasteiger charge is -2.39. The Morgan fingerprint density at radius 2 is 1.28 bits per heavy atom. The van der Waals surface area contributed by atoms with Gasteiger partial charge in [-0.3, -0.25) is 0 Å². The number of hydrogen-bond acceptors (Lipinski definition) is 5. The van der Waals surface area contributed by atoms with Gasteiger partial charge < -0.3 is 14.2 Å². The summed E-state index contributed by atoms with van der Waals surface area (Å²) in [5.74, 6) is 2.32. The maximum atomic E-state index is 14.6. The lowest BCUT2D eigenvalue weighted by Crippen LogP contribution is -2.35. The van der Waals surface area contributed by atoms with Crippen LogP contribution >= 0.6 is 0 Å². The van der Waals surface area contributed by atoms with Crippen LogP contribution in [0.1, 0.15) is 54.5 Å². The Labute approximate surface area is 337 Å². The van der Waals surface area contributed by atoms with E-state index < -0.39 is 5.60 Å². The molecule has 0 radical (unpaired) electrons. The molecule has 0 saturated heterocycles. The number of benzene rings is 7. The lowest BCUT2D eigenvalue weighted by molar-refractivity contribution is 0.163. The van der Waals surface area contributed by atoms with Crippen LogP contribution in [-0.2, 0) is 11.0 Å². The largest absolute Gasteiger partial charge is 0.493 e. The molecule has 0 amide bonds. The van der Waals surface area contributed by atoms with Crippen molar-refractivity contribution < 1.29 is 18.6 Å². The van der Waals surface area contributed by atoms with Crippen LogP contribution in [0.4, 0.5) is 4.39 Å². The van der Waals surface area contributed by atoms with Gasteiger partial charge in [0.15, 0.2) is 22.9 Å². The predicted molar refractivity (Wildman–Crippen MR) is 231 cm³/mol. The molecule has 284 valence electrons. The second-order valence-electron chi connectivity index (χ2n) is 15.1. The van der Waals surface area contributed by atoms with E-state index in [4.69, 9.17) is 24.2 Å². The quantitative estimate of drug-likeness (QED) is 0.154. The van der Waals surface area contributed by atoms with Crippen molar-refractivity contribution in [3.05, 3.63) is 179 Å². The van der Waals surface area contributed by atoms with Gasteiger partial charge in [-0.05, 0) is 76.9 Å². The molecule has 0 bridgehead atoms. The monoisotopic (exact) mass is 760 g/mol. The number of fused-ring (bicyclic) bond motifs is 9. The summed E-state index contributed by atoms with van der Waals surface area (Å²) in [7, 11) is 3.33. The molecule has 7 aromatic carbocycles. The van der Waals surface area contributed by atoms with E-state index >= 15 is 0 Å². The molecule has 1 aromatic heterocycles.